The predicted molar refractivity (Wildman–Crippen MR) is 72.0 cm³/mol. The summed E-state index contributed by atoms with van der Waals surface area (Å²) < 4.78 is 7.98. The summed E-state index contributed by atoms with van der Waals surface area (Å²) in [5.74, 6) is 1.75. The highest BCUT2D eigenvalue weighted by Gasteiger charge is 2.30. The molecule has 19 heavy (non-hydrogen) atoms. The van der Waals surface area contributed by atoms with Gasteiger partial charge in [0, 0.05) is 12.2 Å². The first-order valence-electron chi connectivity index (χ1n) is 6.62. The van der Waals surface area contributed by atoms with E-state index in [9.17, 15) is 0 Å². The standard InChI is InChI=1S/C14H18N4O/c1-10-16-17-14(13-8-7-12(9-15)19-13)18(10)11-5-3-2-4-6-11/h2-6,12-13H,7-9,15H2,1H3. The van der Waals surface area contributed by atoms with Gasteiger partial charge in [0.25, 0.3) is 0 Å². The maximum absolute atomic E-state index is 5.92. The van der Waals surface area contributed by atoms with Gasteiger partial charge in [0.2, 0.25) is 0 Å². The number of ether oxygens (including phenoxy) is 1. The Labute approximate surface area is 112 Å². The lowest BCUT2D eigenvalue weighted by molar-refractivity contribution is 0.0437. The van der Waals surface area contributed by atoms with Crippen molar-refractivity contribution in [3.8, 4) is 5.69 Å². The van der Waals surface area contributed by atoms with Gasteiger partial charge in [-0.25, -0.2) is 0 Å². The first kappa shape index (κ1) is 12.3. The maximum Gasteiger partial charge on any atom is 0.166 e. The number of nitrogens with zero attached hydrogens (tertiary/aromatic N) is 3. The van der Waals surface area contributed by atoms with Crippen molar-refractivity contribution in [3.05, 3.63) is 42.0 Å². The van der Waals surface area contributed by atoms with Crippen LogP contribution in [0, 0.1) is 6.92 Å². The molecule has 2 aromatic rings. The Balaban J connectivity index is 1.96. The zero-order chi connectivity index (χ0) is 13.2. The average Bonchev–Trinajstić information content (AvgIpc) is 3.05. The summed E-state index contributed by atoms with van der Waals surface area (Å²) >= 11 is 0. The summed E-state index contributed by atoms with van der Waals surface area (Å²) in [7, 11) is 0. The lowest BCUT2D eigenvalue weighted by Crippen LogP contribution is -2.19. The molecule has 2 N–H and O–H groups in total. The van der Waals surface area contributed by atoms with E-state index in [1.165, 1.54) is 0 Å². The van der Waals surface area contributed by atoms with Crippen LogP contribution < -0.4 is 5.73 Å². The minimum Gasteiger partial charge on any atom is -0.366 e. The van der Waals surface area contributed by atoms with Crippen molar-refractivity contribution < 1.29 is 4.74 Å². The van der Waals surface area contributed by atoms with Crippen LogP contribution in [-0.2, 0) is 4.74 Å². The molecule has 2 unspecified atom stereocenters. The van der Waals surface area contributed by atoms with E-state index in [4.69, 9.17) is 10.5 Å². The monoisotopic (exact) mass is 258 g/mol. The molecule has 1 aromatic carbocycles. The van der Waals surface area contributed by atoms with E-state index in [1.807, 2.05) is 25.1 Å². The second-order valence-corrected chi connectivity index (χ2v) is 4.84. The molecule has 2 heterocycles. The molecule has 0 spiro atoms. The van der Waals surface area contributed by atoms with Crippen LogP contribution in [0.1, 0.15) is 30.6 Å². The highest BCUT2D eigenvalue weighted by atomic mass is 16.5. The van der Waals surface area contributed by atoms with Gasteiger partial charge < -0.3 is 10.5 Å². The molecule has 3 rings (SSSR count). The molecular formula is C14H18N4O. The number of hydrogen-bond acceptors (Lipinski definition) is 4. The Morgan fingerprint density at radius 3 is 2.74 bits per heavy atom. The molecule has 5 heteroatoms. The molecule has 1 aliphatic heterocycles. The van der Waals surface area contributed by atoms with Gasteiger partial charge >= 0.3 is 0 Å². The van der Waals surface area contributed by atoms with E-state index in [-0.39, 0.29) is 12.2 Å². The molecule has 5 nitrogen and oxygen atoms in total. The molecular weight excluding hydrogens is 240 g/mol. The molecule has 2 atom stereocenters. The van der Waals surface area contributed by atoms with Crippen molar-refractivity contribution >= 4 is 0 Å². The molecule has 0 saturated carbocycles. The third kappa shape index (κ3) is 2.27. The van der Waals surface area contributed by atoms with Gasteiger partial charge in [0.1, 0.15) is 11.9 Å². The number of rotatable bonds is 3. The number of aryl methyl sites for hydroxylation is 1. The minimum atomic E-state index is -0.00467. The fourth-order valence-electron chi connectivity index (χ4n) is 2.55. The number of nitrogens with two attached hydrogens (primary N) is 1. The molecule has 100 valence electrons. The molecule has 1 aromatic heterocycles. The molecule has 1 fully saturated rings. The van der Waals surface area contributed by atoms with Gasteiger partial charge in [0.05, 0.1) is 6.10 Å². The lowest BCUT2D eigenvalue weighted by atomic mass is 10.2. The third-order valence-corrected chi connectivity index (χ3v) is 3.52. The van der Waals surface area contributed by atoms with Gasteiger partial charge in [-0.2, -0.15) is 0 Å². The lowest BCUT2D eigenvalue weighted by Gasteiger charge is -2.14. The molecule has 0 bridgehead atoms. The largest absolute Gasteiger partial charge is 0.366 e. The fraction of sp³-hybridized carbons (Fsp3) is 0.429. The Bertz CT molecular complexity index is 552. The van der Waals surface area contributed by atoms with Gasteiger partial charge in [-0.15, -0.1) is 10.2 Å². The van der Waals surface area contributed by atoms with E-state index in [0.29, 0.717) is 6.54 Å². The van der Waals surface area contributed by atoms with Gasteiger partial charge in [-0.05, 0) is 31.9 Å². The summed E-state index contributed by atoms with van der Waals surface area (Å²) in [6, 6.07) is 10.1. The van der Waals surface area contributed by atoms with E-state index >= 15 is 0 Å². The van der Waals surface area contributed by atoms with Crippen molar-refractivity contribution in [1.82, 2.24) is 14.8 Å². The Hall–Kier alpha value is -1.72. The van der Waals surface area contributed by atoms with Crippen LogP contribution in [0.4, 0.5) is 0 Å². The molecule has 1 aliphatic rings. The van der Waals surface area contributed by atoms with Crippen LogP contribution in [0.3, 0.4) is 0 Å². The molecule has 1 saturated heterocycles. The van der Waals surface area contributed by atoms with Crippen LogP contribution in [0.5, 0.6) is 0 Å². The van der Waals surface area contributed by atoms with Crippen LogP contribution in [0.15, 0.2) is 30.3 Å². The first-order chi connectivity index (χ1) is 9.29. The van der Waals surface area contributed by atoms with Crippen molar-refractivity contribution in [3.63, 3.8) is 0 Å². The normalized spacial score (nSPS) is 22.8. The van der Waals surface area contributed by atoms with Crippen molar-refractivity contribution in [1.29, 1.82) is 0 Å². The second kappa shape index (κ2) is 5.11. The van der Waals surface area contributed by atoms with E-state index in [2.05, 4.69) is 26.9 Å². The summed E-state index contributed by atoms with van der Waals surface area (Å²) in [6.45, 7) is 2.52. The number of benzene rings is 1. The fourth-order valence-corrected chi connectivity index (χ4v) is 2.55. The Kier molecular flexibility index (Phi) is 3.31. The van der Waals surface area contributed by atoms with Crippen molar-refractivity contribution in [2.24, 2.45) is 5.73 Å². The van der Waals surface area contributed by atoms with Crippen LogP contribution >= 0.6 is 0 Å². The maximum atomic E-state index is 5.92. The second-order valence-electron chi connectivity index (χ2n) is 4.84. The Morgan fingerprint density at radius 1 is 1.26 bits per heavy atom. The molecule has 0 aliphatic carbocycles. The van der Waals surface area contributed by atoms with Gasteiger partial charge in [0.15, 0.2) is 5.82 Å². The van der Waals surface area contributed by atoms with Crippen molar-refractivity contribution in [2.45, 2.75) is 32.0 Å². The van der Waals surface area contributed by atoms with Crippen molar-refractivity contribution in [2.75, 3.05) is 6.54 Å². The minimum absolute atomic E-state index is 0.00467. The number of para-hydroxylation sites is 1. The quantitative estimate of drug-likeness (QED) is 0.911. The molecule has 0 amide bonds. The Morgan fingerprint density at radius 2 is 2.05 bits per heavy atom. The van der Waals surface area contributed by atoms with Gasteiger partial charge in [-0.3, -0.25) is 4.57 Å². The van der Waals surface area contributed by atoms with E-state index < -0.39 is 0 Å². The SMILES string of the molecule is Cc1nnc(C2CCC(CN)O2)n1-c1ccccc1. The average molecular weight is 258 g/mol. The highest BCUT2D eigenvalue weighted by Crippen LogP contribution is 2.32. The number of aromatic nitrogens is 3. The zero-order valence-electron chi connectivity index (χ0n) is 11.0. The van der Waals surface area contributed by atoms with Gasteiger partial charge in [-0.1, -0.05) is 18.2 Å². The highest BCUT2D eigenvalue weighted by molar-refractivity contribution is 5.34. The first-order valence-corrected chi connectivity index (χ1v) is 6.62. The van der Waals surface area contributed by atoms with Crippen LogP contribution in [0.25, 0.3) is 5.69 Å². The molecule has 0 radical (unpaired) electrons. The summed E-state index contributed by atoms with van der Waals surface area (Å²) in [5.41, 5.74) is 6.73. The predicted octanol–water partition coefficient (Wildman–Crippen LogP) is 1.75. The van der Waals surface area contributed by atoms with Crippen LogP contribution in [0.2, 0.25) is 0 Å². The summed E-state index contributed by atoms with van der Waals surface area (Å²) in [6.07, 6.45) is 2.08. The van der Waals surface area contributed by atoms with E-state index in [0.717, 1.165) is 30.2 Å². The summed E-state index contributed by atoms with van der Waals surface area (Å²) in [4.78, 5) is 0. The topological polar surface area (TPSA) is 66.0 Å². The third-order valence-electron chi connectivity index (χ3n) is 3.52. The summed E-state index contributed by atoms with van der Waals surface area (Å²) in [5, 5.41) is 8.48. The zero-order valence-corrected chi connectivity index (χ0v) is 11.0. The smallest absolute Gasteiger partial charge is 0.166 e. The number of hydrogen-bond donors (Lipinski definition) is 1. The van der Waals surface area contributed by atoms with Crippen LogP contribution in [-0.4, -0.2) is 27.4 Å². The van der Waals surface area contributed by atoms with E-state index in [1.54, 1.807) is 0 Å².